The lowest BCUT2D eigenvalue weighted by molar-refractivity contribution is -0.115. The van der Waals surface area contributed by atoms with E-state index in [9.17, 15) is 9.59 Å². The monoisotopic (exact) mass is 331 g/mol. The van der Waals surface area contributed by atoms with Crippen LogP contribution < -0.4 is 16.4 Å². The van der Waals surface area contributed by atoms with Crippen LogP contribution in [-0.4, -0.2) is 18.4 Å². The lowest BCUT2D eigenvalue weighted by atomic mass is 10.1. The fourth-order valence-electron chi connectivity index (χ4n) is 2.11. The Kier molecular flexibility index (Phi) is 5.73. The van der Waals surface area contributed by atoms with Gasteiger partial charge in [0, 0.05) is 22.3 Å². The number of halogens is 1. The quantitative estimate of drug-likeness (QED) is 0.761. The van der Waals surface area contributed by atoms with Crippen LogP contribution in [0.15, 0.2) is 48.5 Å². The fraction of sp³-hybridized carbons (Fsp3) is 0.176. The molecule has 120 valence electrons. The molecule has 0 aliphatic heterocycles. The van der Waals surface area contributed by atoms with Crippen LogP contribution >= 0.6 is 11.6 Å². The molecule has 2 aromatic rings. The molecule has 0 bridgehead atoms. The number of hydrogen-bond acceptors (Lipinski definition) is 3. The molecule has 4 N–H and O–H groups in total. The van der Waals surface area contributed by atoms with Crippen molar-refractivity contribution in [2.24, 2.45) is 5.73 Å². The highest BCUT2D eigenvalue weighted by molar-refractivity contribution is 6.31. The Morgan fingerprint density at radius 2 is 1.78 bits per heavy atom. The van der Waals surface area contributed by atoms with E-state index in [1.165, 1.54) is 0 Å². The molecule has 0 aromatic heterocycles. The van der Waals surface area contributed by atoms with Gasteiger partial charge in [-0.2, -0.15) is 0 Å². The summed E-state index contributed by atoms with van der Waals surface area (Å²) in [7, 11) is 0. The minimum absolute atomic E-state index is 0.0494. The second-order valence-corrected chi connectivity index (χ2v) is 5.52. The first-order chi connectivity index (χ1) is 11.0. The Labute approximate surface area is 139 Å². The Hall–Kier alpha value is -2.37. The normalized spacial score (nSPS) is 11.7. The summed E-state index contributed by atoms with van der Waals surface area (Å²) in [5.74, 6) is -0.686. The van der Waals surface area contributed by atoms with Crippen LogP contribution in [0.5, 0.6) is 0 Å². The number of nitrogens with one attached hydrogen (secondary N) is 2. The maximum absolute atomic E-state index is 12.0. The van der Waals surface area contributed by atoms with E-state index in [2.05, 4.69) is 10.6 Å². The number of anilines is 1. The molecule has 1 atom stereocenters. The molecule has 0 unspecified atom stereocenters. The van der Waals surface area contributed by atoms with Gasteiger partial charge in [-0.3, -0.25) is 9.59 Å². The molecule has 2 aromatic carbocycles. The number of primary amides is 1. The lowest BCUT2D eigenvalue weighted by Crippen LogP contribution is -2.30. The number of benzene rings is 2. The van der Waals surface area contributed by atoms with E-state index in [1.807, 2.05) is 31.2 Å². The van der Waals surface area contributed by atoms with Crippen LogP contribution in [0.1, 0.15) is 28.9 Å². The Balaban J connectivity index is 1.87. The molecular formula is C17H18ClN3O2. The maximum Gasteiger partial charge on any atom is 0.248 e. The molecule has 0 saturated heterocycles. The molecule has 0 aliphatic carbocycles. The first-order valence-electron chi connectivity index (χ1n) is 7.15. The lowest BCUT2D eigenvalue weighted by Gasteiger charge is -2.15. The maximum atomic E-state index is 12.0. The van der Waals surface area contributed by atoms with Gasteiger partial charge >= 0.3 is 0 Å². The molecule has 0 aliphatic rings. The fourth-order valence-corrected chi connectivity index (χ4v) is 2.40. The van der Waals surface area contributed by atoms with Crippen molar-refractivity contribution >= 4 is 29.1 Å². The summed E-state index contributed by atoms with van der Waals surface area (Å²) in [4.78, 5) is 22.9. The van der Waals surface area contributed by atoms with E-state index >= 15 is 0 Å². The second-order valence-electron chi connectivity index (χ2n) is 5.11. The van der Waals surface area contributed by atoms with Gasteiger partial charge in [0.25, 0.3) is 0 Å². The van der Waals surface area contributed by atoms with Gasteiger partial charge in [-0.25, -0.2) is 0 Å². The standard InChI is InChI=1S/C17H18ClN3O2/c1-11(14-4-2-3-5-15(14)18)20-10-16(22)21-13-8-6-12(7-9-13)17(19)23/h2-9,11,20H,10H2,1H3,(H2,19,23)(H,21,22)/t11-/m1/s1. The predicted molar refractivity (Wildman–Crippen MR) is 91.5 cm³/mol. The Morgan fingerprint density at radius 1 is 1.13 bits per heavy atom. The average molecular weight is 332 g/mol. The van der Waals surface area contributed by atoms with Crippen molar-refractivity contribution in [3.63, 3.8) is 0 Å². The van der Waals surface area contributed by atoms with Gasteiger partial charge in [-0.15, -0.1) is 0 Å². The minimum Gasteiger partial charge on any atom is -0.366 e. The molecule has 23 heavy (non-hydrogen) atoms. The smallest absolute Gasteiger partial charge is 0.248 e. The van der Waals surface area contributed by atoms with Crippen LogP contribution in [0.25, 0.3) is 0 Å². The third kappa shape index (κ3) is 4.81. The first kappa shape index (κ1) is 17.0. The van der Waals surface area contributed by atoms with Gasteiger partial charge < -0.3 is 16.4 Å². The van der Waals surface area contributed by atoms with Crippen LogP contribution in [0.2, 0.25) is 5.02 Å². The van der Waals surface area contributed by atoms with Crippen molar-refractivity contribution in [2.75, 3.05) is 11.9 Å². The third-order valence-electron chi connectivity index (χ3n) is 3.39. The van der Waals surface area contributed by atoms with Crippen molar-refractivity contribution in [3.05, 3.63) is 64.7 Å². The zero-order valence-electron chi connectivity index (χ0n) is 12.7. The SMILES string of the molecule is C[C@@H](NCC(=O)Nc1ccc(C(N)=O)cc1)c1ccccc1Cl. The van der Waals surface area contributed by atoms with E-state index in [0.717, 1.165) is 5.56 Å². The van der Waals surface area contributed by atoms with E-state index in [-0.39, 0.29) is 18.5 Å². The van der Waals surface area contributed by atoms with Crippen molar-refractivity contribution in [2.45, 2.75) is 13.0 Å². The van der Waals surface area contributed by atoms with E-state index in [0.29, 0.717) is 16.3 Å². The molecule has 5 nitrogen and oxygen atoms in total. The Morgan fingerprint density at radius 3 is 2.39 bits per heavy atom. The molecule has 2 amide bonds. The van der Waals surface area contributed by atoms with Gasteiger partial charge in [0.05, 0.1) is 6.54 Å². The highest BCUT2D eigenvalue weighted by atomic mass is 35.5. The summed E-state index contributed by atoms with van der Waals surface area (Å²) in [5.41, 5.74) is 7.10. The average Bonchev–Trinajstić information content (AvgIpc) is 2.53. The molecule has 2 rings (SSSR count). The minimum atomic E-state index is -0.502. The highest BCUT2D eigenvalue weighted by Crippen LogP contribution is 2.21. The summed E-state index contributed by atoms with van der Waals surface area (Å²) in [5, 5.41) is 6.52. The topological polar surface area (TPSA) is 84.2 Å². The highest BCUT2D eigenvalue weighted by Gasteiger charge is 2.10. The molecule has 6 heteroatoms. The molecule has 0 spiro atoms. The van der Waals surface area contributed by atoms with Crippen molar-refractivity contribution in [1.82, 2.24) is 5.32 Å². The second kappa shape index (κ2) is 7.76. The number of hydrogen-bond donors (Lipinski definition) is 3. The summed E-state index contributed by atoms with van der Waals surface area (Å²) in [6.07, 6.45) is 0. The number of carbonyl (C=O) groups is 2. The van der Waals surface area contributed by atoms with E-state index in [4.69, 9.17) is 17.3 Å². The number of amides is 2. The summed E-state index contributed by atoms with van der Waals surface area (Å²) in [6, 6.07) is 13.9. The Bertz CT molecular complexity index is 701. The molecule has 0 fully saturated rings. The van der Waals surface area contributed by atoms with Gasteiger partial charge in [0.1, 0.15) is 0 Å². The van der Waals surface area contributed by atoms with Gasteiger partial charge in [0.15, 0.2) is 0 Å². The molecule has 0 radical (unpaired) electrons. The summed E-state index contributed by atoms with van der Waals surface area (Å²) >= 11 is 6.13. The van der Waals surface area contributed by atoms with Gasteiger partial charge in [-0.05, 0) is 42.8 Å². The third-order valence-corrected chi connectivity index (χ3v) is 3.74. The molecular weight excluding hydrogens is 314 g/mol. The summed E-state index contributed by atoms with van der Waals surface area (Å²) < 4.78 is 0. The van der Waals surface area contributed by atoms with Crippen molar-refractivity contribution in [3.8, 4) is 0 Å². The van der Waals surface area contributed by atoms with E-state index in [1.54, 1.807) is 24.3 Å². The van der Waals surface area contributed by atoms with Crippen LogP contribution in [0, 0.1) is 0 Å². The number of carbonyl (C=O) groups excluding carboxylic acids is 2. The van der Waals surface area contributed by atoms with E-state index < -0.39 is 5.91 Å². The predicted octanol–water partition coefficient (Wildman–Crippen LogP) is 2.73. The molecule has 0 heterocycles. The molecule has 0 saturated carbocycles. The van der Waals surface area contributed by atoms with Gasteiger partial charge in [0.2, 0.25) is 11.8 Å². The zero-order chi connectivity index (χ0) is 16.8. The first-order valence-corrected chi connectivity index (χ1v) is 7.52. The van der Waals surface area contributed by atoms with Crippen molar-refractivity contribution in [1.29, 1.82) is 0 Å². The number of nitrogens with two attached hydrogens (primary N) is 1. The van der Waals surface area contributed by atoms with Crippen LogP contribution in [0.3, 0.4) is 0 Å². The largest absolute Gasteiger partial charge is 0.366 e. The summed E-state index contributed by atoms with van der Waals surface area (Å²) in [6.45, 7) is 2.08. The zero-order valence-corrected chi connectivity index (χ0v) is 13.4. The van der Waals surface area contributed by atoms with Crippen LogP contribution in [0.4, 0.5) is 5.69 Å². The van der Waals surface area contributed by atoms with Crippen LogP contribution in [-0.2, 0) is 4.79 Å². The number of rotatable bonds is 6. The van der Waals surface area contributed by atoms with Crippen molar-refractivity contribution < 1.29 is 9.59 Å². The van der Waals surface area contributed by atoms with Gasteiger partial charge in [-0.1, -0.05) is 29.8 Å².